The van der Waals surface area contributed by atoms with E-state index in [-0.39, 0.29) is 24.1 Å². The third kappa shape index (κ3) is 4.77. The van der Waals surface area contributed by atoms with Crippen LogP contribution in [-0.4, -0.2) is 20.5 Å². The van der Waals surface area contributed by atoms with E-state index in [1.165, 1.54) is 0 Å². The Kier molecular flexibility index (Phi) is 6.99. The maximum absolute atomic E-state index is 13.9. The second kappa shape index (κ2) is 9.88. The van der Waals surface area contributed by atoms with Crippen LogP contribution in [0.2, 0.25) is 0 Å². The first-order valence-electron chi connectivity index (χ1n) is 12.4. The number of H-pyrrole nitrogens is 1. The van der Waals surface area contributed by atoms with Gasteiger partial charge in [0.25, 0.3) is 11.5 Å². The number of aryl methyl sites for hydroxylation is 4. The van der Waals surface area contributed by atoms with Crippen LogP contribution in [0.5, 0.6) is 0 Å². The molecule has 0 radical (unpaired) electrons. The minimum absolute atomic E-state index is 0.00683. The van der Waals surface area contributed by atoms with Gasteiger partial charge in [0.05, 0.1) is 12.1 Å². The summed E-state index contributed by atoms with van der Waals surface area (Å²) in [5, 5.41) is 1.97. The van der Waals surface area contributed by atoms with Gasteiger partial charge in [-0.2, -0.15) is 0 Å². The summed E-state index contributed by atoms with van der Waals surface area (Å²) >= 11 is 0. The number of fused-ring (bicyclic) bond motifs is 1. The zero-order valence-electron chi connectivity index (χ0n) is 22.4. The minimum Gasteiger partial charge on any atom is -0.398 e. The van der Waals surface area contributed by atoms with Gasteiger partial charge < -0.3 is 21.0 Å². The van der Waals surface area contributed by atoms with Gasteiger partial charge in [0.1, 0.15) is 0 Å². The van der Waals surface area contributed by atoms with E-state index in [1.807, 2.05) is 52.0 Å². The lowest BCUT2D eigenvalue weighted by atomic mass is 9.93. The number of hydrogen-bond donors (Lipinski definition) is 4. The highest BCUT2D eigenvalue weighted by atomic mass is 16.2. The van der Waals surface area contributed by atoms with Gasteiger partial charge in [0.15, 0.2) is 0 Å². The van der Waals surface area contributed by atoms with Crippen molar-refractivity contribution in [2.45, 2.75) is 60.7 Å². The predicted molar refractivity (Wildman–Crippen MR) is 150 cm³/mol. The lowest BCUT2D eigenvalue weighted by Gasteiger charge is -2.20. The van der Waals surface area contributed by atoms with Crippen LogP contribution in [0.1, 0.15) is 63.8 Å². The number of carbonyl (C=O) groups excluding carboxylic acids is 1. The molecule has 4 rings (SSSR count). The molecule has 0 unspecified atom stereocenters. The molecule has 0 bridgehead atoms. The van der Waals surface area contributed by atoms with Crippen molar-refractivity contribution < 1.29 is 4.79 Å². The van der Waals surface area contributed by atoms with Crippen LogP contribution in [0.15, 0.2) is 41.3 Å². The van der Waals surface area contributed by atoms with E-state index in [2.05, 4.69) is 35.7 Å². The number of carbonyl (C=O) groups is 1. The molecule has 0 spiro atoms. The summed E-state index contributed by atoms with van der Waals surface area (Å²) < 4.78 is 2.16. The van der Waals surface area contributed by atoms with Gasteiger partial charge in [0.2, 0.25) is 0 Å². The number of nitrogens with zero attached hydrogens (tertiary/aromatic N) is 2. The lowest BCUT2D eigenvalue weighted by Crippen LogP contribution is -2.39. The molecule has 2 heterocycles. The maximum atomic E-state index is 13.9. The zero-order valence-corrected chi connectivity index (χ0v) is 22.4. The molecule has 2 aromatic carbocycles. The number of benzene rings is 2. The third-order valence-electron chi connectivity index (χ3n) is 7.01. The van der Waals surface area contributed by atoms with E-state index >= 15 is 0 Å². The quantitative estimate of drug-likeness (QED) is 0.135. The number of hydrogen-bond acceptors (Lipinski definition) is 5. The van der Waals surface area contributed by atoms with Crippen LogP contribution in [0.25, 0.3) is 22.0 Å². The fourth-order valence-corrected chi connectivity index (χ4v) is 5.09. The number of anilines is 1. The van der Waals surface area contributed by atoms with Gasteiger partial charge >= 0.3 is 0 Å². The van der Waals surface area contributed by atoms with Crippen LogP contribution >= 0.6 is 0 Å². The fraction of sp³-hybridized carbons (Fsp3) is 0.310. The van der Waals surface area contributed by atoms with Crippen molar-refractivity contribution in [3.63, 3.8) is 0 Å². The monoisotopic (exact) mass is 500 g/mol. The summed E-state index contributed by atoms with van der Waals surface area (Å²) in [4.78, 5) is 29.2. The van der Waals surface area contributed by atoms with Crippen molar-refractivity contribution in [2.75, 3.05) is 5.73 Å². The summed E-state index contributed by atoms with van der Waals surface area (Å²) in [7, 11) is 0. The Bertz CT molecular complexity index is 1580. The number of rotatable bonds is 6. The smallest absolute Gasteiger partial charge is 0.268 e. The average molecular weight is 501 g/mol. The van der Waals surface area contributed by atoms with Crippen molar-refractivity contribution in [1.82, 2.24) is 14.6 Å². The van der Waals surface area contributed by atoms with Crippen molar-refractivity contribution in [3.8, 4) is 11.1 Å². The lowest BCUT2D eigenvalue weighted by molar-refractivity contribution is 0.0744. The molecule has 8 heteroatoms. The Morgan fingerprint density at radius 2 is 1.73 bits per heavy atom. The molecule has 0 fully saturated rings. The largest absolute Gasteiger partial charge is 0.398 e. The number of aromatic amines is 1. The number of pyridine rings is 1. The molecule has 194 valence electrons. The summed E-state index contributed by atoms with van der Waals surface area (Å²) in [6.45, 7) is 12.2. The Morgan fingerprint density at radius 1 is 1.03 bits per heavy atom. The molecule has 4 aromatic rings. The van der Waals surface area contributed by atoms with Crippen molar-refractivity contribution in [1.29, 1.82) is 0 Å². The third-order valence-corrected chi connectivity index (χ3v) is 7.01. The van der Waals surface area contributed by atoms with Gasteiger partial charge in [-0.25, -0.2) is 5.84 Å². The van der Waals surface area contributed by atoms with Gasteiger partial charge in [-0.15, -0.1) is 0 Å². The maximum Gasteiger partial charge on any atom is 0.268 e. The normalized spacial score (nSPS) is 11.5. The van der Waals surface area contributed by atoms with Crippen LogP contribution in [-0.2, 0) is 13.1 Å². The molecule has 37 heavy (non-hydrogen) atoms. The van der Waals surface area contributed by atoms with E-state index in [0.29, 0.717) is 23.4 Å². The number of nitrogens with two attached hydrogens (primary N) is 3. The standard InChI is InChI=1S/C29H36N6O2/c1-15(2)34-13-18(5)27-23(29(37)35(32)14-24-16(3)7-19(6)33-28(24)36)9-20(10-26(27)34)22-11-25(31)21(12-30)8-17(22)4/h7-11,13,15H,12,14,30-32H2,1-6H3,(H,33,36). The molecule has 0 aliphatic carbocycles. The van der Waals surface area contributed by atoms with Crippen molar-refractivity contribution in [2.24, 2.45) is 11.6 Å². The molecule has 2 aromatic heterocycles. The average Bonchev–Trinajstić information content (AvgIpc) is 3.18. The summed E-state index contributed by atoms with van der Waals surface area (Å²) in [5.41, 5.74) is 20.6. The topological polar surface area (TPSA) is 136 Å². The first kappa shape index (κ1) is 26.2. The molecular weight excluding hydrogens is 464 g/mol. The first-order valence-corrected chi connectivity index (χ1v) is 12.4. The molecule has 7 N–H and O–H groups in total. The van der Waals surface area contributed by atoms with Crippen LogP contribution in [0.3, 0.4) is 0 Å². The fourth-order valence-electron chi connectivity index (χ4n) is 5.09. The van der Waals surface area contributed by atoms with Crippen LogP contribution in [0.4, 0.5) is 5.69 Å². The van der Waals surface area contributed by atoms with Crippen molar-refractivity contribution >= 4 is 22.5 Å². The van der Waals surface area contributed by atoms with E-state index in [4.69, 9.17) is 17.3 Å². The van der Waals surface area contributed by atoms with Gasteiger partial charge in [-0.1, -0.05) is 6.07 Å². The molecule has 0 saturated heterocycles. The predicted octanol–water partition coefficient (Wildman–Crippen LogP) is 4.37. The Hall–Kier alpha value is -3.88. The number of aromatic nitrogens is 2. The molecule has 1 amide bonds. The number of nitrogens with one attached hydrogen (secondary N) is 1. The second-order valence-corrected chi connectivity index (χ2v) is 10.2. The molecule has 8 nitrogen and oxygen atoms in total. The van der Waals surface area contributed by atoms with E-state index in [0.717, 1.165) is 55.0 Å². The number of nitrogen functional groups attached to an aromatic ring is 1. The molecule has 0 atom stereocenters. The Balaban J connectivity index is 1.90. The van der Waals surface area contributed by atoms with Crippen LogP contribution < -0.4 is 22.9 Å². The highest BCUT2D eigenvalue weighted by Gasteiger charge is 2.23. The van der Waals surface area contributed by atoms with Crippen LogP contribution in [0, 0.1) is 27.7 Å². The Labute approximate surface area is 217 Å². The highest BCUT2D eigenvalue weighted by molar-refractivity contribution is 6.09. The number of amides is 1. The summed E-state index contributed by atoms with van der Waals surface area (Å²) in [6.07, 6.45) is 2.06. The summed E-state index contributed by atoms with van der Waals surface area (Å²) in [6, 6.07) is 9.93. The molecular formula is C29H36N6O2. The molecule has 0 aliphatic heterocycles. The minimum atomic E-state index is -0.361. The SMILES string of the molecule is Cc1cc(C)c(CN(N)C(=O)c2cc(-c3cc(N)c(CN)cc3C)cc3c2c(C)cn3C(C)C)c(=O)[nH]1. The van der Waals surface area contributed by atoms with Gasteiger partial charge in [-0.3, -0.25) is 14.6 Å². The van der Waals surface area contributed by atoms with Gasteiger partial charge in [-0.05, 0) is 99.2 Å². The van der Waals surface area contributed by atoms with Gasteiger partial charge in [0, 0.05) is 46.6 Å². The Morgan fingerprint density at radius 3 is 2.35 bits per heavy atom. The van der Waals surface area contributed by atoms with E-state index < -0.39 is 0 Å². The molecule has 0 saturated carbocycles. The van der Waals surface area contributed by atoms with E-state index in [9.17, 15) is 9.59 Å². The summed E-state index contributed by atoms with van der Waals surface area (Å²) in [5.74, 6) is 5.97. The first-order chi connectivity index (χ1) is 17.4. The van der Waals surface area contributed by atoms with Crippen molar-refractivity contribution in [3.05, 3.63) is 86.0 Å². The zero-order chi connectivity index (χ0) is 27.2. The molecule has 0 aliphatic rings. The highest BCUT2D eigenvalue weighted by Crippen LogP contribution is 2.36. The second-order valence-electron chi connectivity index (χ2n) is 10.2. The van der Waals surface area contributed by atoms with E-state index in [1.54, 1.807) is 0 Å². The number of hydrazine groups is 1.